The van der Waals surface area contributed by atoms with Gasteiger partial charge in [-0.15, -0.1) is 0 Å². The number of hydrogen-bond acceptors (Lipinski definition) is 4. The van der Waals surface area contributed by atoms with Crippen molar-refractivity contribution in [1.82, 2.24) is 4.90 Å². The molecule has 0 spiro atoms. The Kier molecular flexibility index (Phi) is 5.63. The minimum absolute atomic E-state index is 0.222. The summed E-state index contributed by atoms with van der Waals surface area (Å²) < 4.78 is 4.94. The van der Waals surface area contributed by atoms with Gasteiger partial charge in [0.1, 0.15) is 0 Å². The molecule has 1 aromatic rings. The number of carbonyl (C=O) groups excluding carboxylic acids is 2. The lowest BCUT2D eigenvalue weighted by molar-refractivity contribution is -0.134. The van der Waals surface area contributed by atoms with Crippen LogP contribution in [0.25, 0.3) is 0 Å². The molecule has 0 saturated carbocycles. The molecule has 1 rings (SSSR count). The van der Waals surface area contributed by atoms with Gasteiger partial charge in [0.25, 0.3) is 5.91 Å². The molecule has 19 heavy (non-hydrogen) atoms. The van der Waals surface area contributed by atoms with Crippen LogP contribution in [0.3, 0.4) is 0 Å². The molecule has 0 fully saturated rings. The Labute approximate surface area is 117 Å². The van der Waals surface area contributed by atoms with Gasteiger partial charge < -0.3 is 15.4 Å². The van der Waals surface area contributed by atoms with Gasteiger partial charge in [0.15, 0.2) is 6.61 Å². The summed E-state index contributed by atoms with van der Waals surface area (Å²) in [5.74, 6) is -0.816. The molecule has 1 aromatic carbocycles. The van der Waals surface area contributed by atoms with Crippen LogP contribution in [0, 0.1) is 0 Å². The number of esters is 1. The van der Waals surface area contributed by atoms with Gasteiger partial charge in [-0.2, -0.15) is 0 Å². The Balaban J connectivity index is 2.60. The van der Waals surface area contributed by atoms with Crippen LogP contribution in [-0.2, 0) is 9.53 Å². The summed E-state index contributed by atoms with van der Waals surface area (Å²) in [5, 5.41) is 0.371. The molecule has 0 aliphatic heterocycles. The van der Waals surface area contributed by atoms with Gasteiger partial charge in [0.2, 0.25) is 0 Å². The minimum atomic E-state index is -0.594. The highest BCUT2D eigenvalue weighted by molar-refractivity contribution is 6.33. The van der Waals surface area contributed by atoms with Crippen LogP contribution in [0.5, 0.6) is 0 Å². The number of nitrogens with two attached hydrogens (primary N) is 1. The van der Waals surface area contributed by atoms with E-state index < -0.39 is 5.97 Å². The zero-order valence-electron chi connectivity index (χ0n) is 11.0. The normalized spacial score (nSPS) is 10.1. The van der Waals surface area contributed by atoms with Crippen molar-refractivity contribution in [3.05, 3.63) is 28.8 Å². The minimum Gasteiger partial charge on any atom is -0.452 e. The molecule has 0 atom stereocenters. The molecule has 0 bridgehead atoms. The van der Waals surface area contributed by atoms with Gasteiger partial charge in [-0.3, -0.25) is 4.79 Å². The third-order valence-electron chi connectivity index (χ3n) is 2.67. The van der Waals surface area contributed by atoms with Crippen LogP contribution in [0.4, 0.5) is 5.69 Å². The highest BCUT2D eigenvalue weighted by Crippen LogP contribution is 2.19. The van der Waals surface area contributed by atoms with Crippen molar-refractivity contribution in [2.24, 2.45) is 0 Å². The Morgan fingerprint density at radius 2 is 1.95 bits per heavy atom. The number of amides is 1. The van der Waals surface area contributed by atoms with Gasteiger partial charge in [-0.25, -0.2) is 4.79 Å². The fourth-order valence-electron chi connectivity index (χ4n) is 1.55. The van der Waals surface area contributed by atoms with Crippen LogP contribution in [0.15, 0.2) is 18.2 Å². The van der Waals surface area contributed by atoms with Crippen molar-refractivity contribution in [3.63, 3.8) is 0 Å². The molecular weight excluding hydrogens is 268 g/mol. The number of halogens is 1. The Morgan fingerprint density at radius 3 is 2.47 bits per heavy atom. The molecule has 5 nitrogen and oxygen atoms in total. The molecule has 1 amide bonds. The molecule has 0 radical (unpaired) electrons. The number of nitrogen functional groups attached to an aromatic ring is 1. The number of likely N-dealkylation sites (N-methyl/N-ethyl adjacent to an activating group) is 1. The summed E-state index contributed by atoms with van der Waals surface area (Å²) in [5.41, 5.74) is 6.16. The van der Waals surface area contributed by atoms with E-state index in [2.05, 4.69) is 0 Å². The number of benzene rings is 1. The first-order chi connectivity index (χ1) is 8.99. The Morgan fingerprint density at radius 1 is 1.32 bits per heavy atom. The van der Waals surface area contributed by atoms with E-state index in [0.717, 1.165) is 0 Å². The third kappa shape index (κ3) is 4.13. The SMILES string of the molecule is CCN(CC)C(=O)COC(=O)c1ccc(Cl)c(N)c1. The fraction of sp³-hybridized carbons (Fsp3) is 0.385. The van der Waals surface area contributed by atoms with Crippen molar-refractivity contribution in [2.45, 2.75) is 13.8 Å². The monoisotopic (exact) mass is 284 g/mol. The lowest BCUT2D eigenvalue weighted by Crippen LogP contribution is -2.34. The Bertz CT molecular complexity index is 473. The smallest absolute Gasteiger partial charge is 0.338 e. The van der Waals surface area contributed by atoms with E-state index in [9.17, 15) is 9.59 Å². The van der Waals surface area contributed by atoms with Crippen LogP contribution in [0.2, 0.25) is 5.02 Å². The number of carbonyl (C=O) groups is 2. The van der Waals surface area contributed by atoms with Gasteiger partial charge in [-0.05, 0) is 32.0 Å². The maximum Gasteiger partial charge on any atom is 0.338 e. The summed E-state index contributed by atoms with van der Waals surface area (Å²) in [4.78, 5) is 25.0. The number of ether oxygens (including phenoxy) is 1. The van der Waals surface area contributed by atoms with Crippen molar-refractivity contribution in [2.75, 3.05) is 25.4 Å². The number of hydrogen-bond donors (Lipinski definition) is 1. The van der Waals surface area contributed by atoms with Crippen molar-refractivity contribution < 1.29 is 14.3 Å². The van der Waals surface area contributed by atoms with E-state index in [1.165, 1.54) is 18.2 Å². The standard InChI is InChI=1S/C13H17ClN2O3/c1-3-16(4-2)12(17)8-19-13(18)9-5-6-10(14)11(15)7-9/h5-7H,3-4,8,15H2,1-2H3. The topological polar surface area (TPSA) is 72.6 Å². The van der Waals surface area contributed by atoms with E-state index >= 15 is 0 Å². The highest BCUT2D eigenvalue weighted by atomic mass is 35.5. The molecule has 6 heteroatoms. The first kappa shape index (κ1) is 15.3. The molecule has 0 saturated heterocycles. The van der Waals surface area contributed by atoms with Crippen LogP contribution >= 0.6 is 11.6 Å². The number of anilines is 1. The average molecular weight is 285 g/mol. The lowest BCUT2D eigenvalue weighted by atomic mass is 10.2. The first-order valence-electron chi connectivity index (χ1n) is 5.99. The van der Waals surface area contributed by atoms with Gasteiger partial charge >= 0.3 is 5.97 Å². The molecule has 0 aliphatic rings. The van der Waals surface area contributed by atoms with E-state index in [-0.39, 0.29) is 18.1 Å². The molecular formula is C13H17ClN2O3. The van der Waals surface area contributed by atoms with E-state index in [0.29, 0.717) is 23.8 Å². The predicted octanol–water partition coefficient (Wildman–Crippen LogP) is 1.95. The third-order valence-corrected chi connectivity index (χ3v) is 3.02. The average Bonchev–Trinajstić information content (AvgIpc) is 2.40. The first-order valence-corrected chi connectivity index (χ1v) is 6.37. The molecule has 0 aromatic heterocycles. The van der Waals surface area contributed by atoms with Crippen molar-refractivity contribution >= 4 is 29.2 Å². The fourth-order valence-corrected chi connectivity index (χ4v) is 1.67. The second-order valence-electron chi connectivity index (χ2n) is 3.88. The van der Waals surface area contributed by atoms with Gasteiger partial charge in [-0.1, -0.05) is 11.6 Å². The van der Waals surface area contributed by atoms with E-state index in [1.807, 2.05) is 13.8 Å². The highest BCUT2D eigenvalue weighted by Gasteiger charge is 2.14. The maximum atomic E-state index is 11.7. The summed E-state index contributed by atoms with van der Waals surface area (Å²) in [6.45, 7) is 4.62. The predicted molar refractivity (Wildman–Crippen MR) is 74.1 cm³/mol. The lowest BCUT2D eigenvalue weighted by Gasteiger charge is -2.18. The van der Waals surface area contributed by atoms with Crippen molar-refractivity contribution in [3.8, 4) is 0 Å². The quantitative estimate of drug-likeness (QED) is 0.662. The van der Waals surface area contributed by atoms with Crippen LogP contribution in [0.1, 0.15) is 24.2 Å². The second-order valence-corrected chi connectivity index (χ2v) is 4.29. The molecule has 2 N–H and O–H groups in total. The Hall–Kier alpha value is -1.75. The van der Waals surface area contributed by atoms with E-state index in [4.69, 9.17) is 22.1 Å². The molecule has 104 valence electrons. The summed E-state index contributed by atoms with van der Waals surface area (Å²) in [6.07, 6.45) is 0. The zero-order valence-corrected chi connectivity index (χ0v) is 11.7. The summed E-state index contributed by atoms with van der Waals surface area (Å²) in [7, 11) is 0. The number of rotatable bonds is 5. The van der Waals surface area contributed by atoms with E-state index in [1.54, 1.807) is 4.90 Å². The summed E-state index contributed by atoms with van der Waals surface area (Å²) >= 11 is 5.75. The second kappa shape index (κ2) is 6.99. The van der Waals surface area contributed by atoms with Crippen molar-refractivity contribution in [1.29, 1.82) is 0 Å². The van der Waals surface area contributed by atoms with Gasteiger partial charge in [0, 0.05) is 13.1 Å². The van der Waals surface area contributed by atoms with Crippen LogP contribution in [-0.4, -0.2) is 36.5 Å². The molecule has 0 heterocycles. The summed E-state index contributed by atoms with van der Waals surface area (Å²) in [6, 6.07) is 4.44. The maximum absolute atomic E-state index is 11.7. The van der Waals surface area contributed by atoms with Crippen LogP contribution < -0.4 is 5.73 Å². The molecule has 0 aliphatic carbocycles. The number of nitrogens with zero attached hydrogens (tertiary/aromatic N) is 1. The molecule has 0 unspecified atom stereocenters. The van der Waals surface area contributed by atoms with Gasteiger partial charge in [0.05, 0.1) is 16.3 Å². The largest absolute Gasteiger partial charge is 0.452 e. The zero-order chi connectivity index (χ0) is 14.4.